The fourth-order valence-electron chi connectivity index (χ4n) is 2.90. The van der Waals surface area contributed by atoms with Gasteiger partial charge in [0.15, 0.2) is 5.06 Å². The van der Waals surface area contributed by atoms with Gasteiger partial charge in [-0.2, -0.15) is 0 Å². The second-order valence-electron chi connectivity index (χ2n) is 5.89. The minimum atomic E-state index is -3.98. The first-order valence-corrected chi connectivity index (χ1v) is 12.7. The molecule has 0 unspecified atom stereocenters. The van der Waals surface area contributed by atoms with Crippen LogP contribution in [0.4, 0.5) is 0 Å². The van der Waals surface area contributed by atoms with Crippen LogP contribution in [0.2, 0.25) is 0 Å². The first kappa shape index (κ1) is 23.8. The molecule has 29 heavy (non-hydrogen) atoms. The highest BCUT2D eigenvalue weighted by Gasteiger charge is 2.45. The van der Waals surface area contributed by atoms with Crippen molar-refractivity contribution in [2.45, 2.75) is 27.7 Å². The van der Waals surface area contributed by atoms with Gasteiger partial charge in [-0.25, -0.2) is 0 Å². The van der Waals surface area contributed by atoms with Crippen LogP contribution in [0.5, 0.6) is 5.75 Å². The summed E-state index contributed by atoms with van der Waals surface area (Å²) in [5.74, 6) is 0.106. The van der Waals surface area contributed by atoms with E-state index in [1.165, 1.54) is 12.1 Å². The lowest BCUT2D eigenvalue weighted by molar-refractivity contribution is 0.214. The Bertz CT molecular complexity index is 903. The molecule has 2 aromatic rings. The molecule has 9 heteroatoms. The van der Waals surface area contributed by atoms with Crippen molar-refractivity contribution in [1.29, 1.82) is 0 Å². The molecule has 0 saturated heterocycles. The third kappa shape index (κ3) is 5.37. The van der Waals surface area contributed by atoms with Gasteiger partial charge in [0.25, 0.3) is 0 Å². The second kappa shape index (κ2) is 10.5. The third-order valence-corrected chi connectivity index (χ3v) is 9.22. The van der Waals surface area contributed by atoms with Crippen LogP contribution in [0.3, 0.4) is 0 Å². The lowest BCUT2D eigenvalue weighted by atomic mass is 10.0. The molecule has 0 spiro atoms. The summed E-state index contributed by atoms with van der Waals surface area (Å²) in [6, 6.07) is 10.3. The highest BCUT2D eigenvalue weighted by Crippen LogP contribution is 2.74. The predicted molar refractivity (Wildman–Crippen MR) is 115 cm³/mol. The Morgan fingerprint density at radius 2 is 1.24 bits per heavy atom. The van der Waals surface area contributed by atoms with Crippen LogP contribution < -0.4 is 0 Å². The second-order valence-corrected chi connectivity index (χ2v) is 10.2. The van der Waals surface area contributed by atoms with Crippen molar-refractivity contribution < 1.29 is 32.3 Å². The first-order chi connectivity index (χ1) is 13.8. The van der Waals surface area contributed by atoms with Crippen molar-refractivity contribution in [1.82, 2.24) is 0 Å². The molecule has 2 rings (SSSR count). The maximum Gasteiger partial charge on any atom is 0.369 e. The lowest BCUT2D eigenvalue weighted by Gasteiger charge is -2.26. The third-order valence-electron chi connectivity index (χ3n) is 3.98. The number of rotatable bonds is 11. The van der Waals surface area contributed by atoms with E-state index in [2.05, 4.69) is 0 Å². The molecule has 0 aliphatic carbocycles. The molecule has 0 fully saturated rings. The Kier molecular flexibility index (Phi) is 8.65. The zero-order chi connectivity index (χ0) is 21.5. The lowest BCUT2D eigenvalue weighted by Crippen LogP contribution is -2.05. The summed E-state index contributed by atoms with van der Waals surface area (Å²) in [5.41, 5.74) is 0.577. The van der Waals surface area contributed by atoms with Crippen LogP contribution in [-0.4, -0.2) is 31.5 Å². The Labute approximate surface area is 171 Å². The molecule has 7 nitrogen and oxygen atoms in total. The number of hydrogen-bond donors (Lipinski definition) is 1. The van der Waals surface area contributed by atoms with E-state index in [9.17, 15) is 14.2 Å². The Morgan fingerprint density at radius 1 is 0.793 bits per heavy atom. The van der Waals surface area contributed by atoms with E-state index in [1.807, 2.05) is 6.07 Å². The number of phenols is 1. The summed E-state index contributed by atoms with van der Waals surface area (Å²) >= 11 is 0. The van der Waals surface area contributed by atoms with Crippen molar-refractivity contribution in [3.8, 4) is 5.75 Å². The van der Waals surface area contributed by atoms with Crippen LogP contribution in [0.15, 0.2) is 41.5 Å². The molecule has 0 amide bonds. The van der Waals surface area contributed by atoms with Gasteiger partial charge in [0.2, 0.25) is 0 Å². The zero-order valence-electron chi connectivity index (χ0n) is 17.2. The molecule has 2 aromatic carbocycles. The number of phenolic OH excluding ortho intramolecular Hbond substituents is 1. The van der Waals surface area contributed by atoms with Gasteiger partial charge < -0.3 is 23.2 Å². The predicted octanol–water partition coefficient (Wildman–Crippen LogP) is 6.38. The fraction of sp³-hybridized carbons (Fsp3) is 0.400. The molecule has 0 atom stereocenters. The van der Waals surface area contributed by atoms with Gasteiger partial charge in [-0.3, -0.25) is 9.13 Å². The Balaban J connectivity index is 2.82. The van der Waals surface area contributed by atoms with Gasteiger partial charge in [0, 0.05) is 5.39 Å². The standard InChI is InChI=1S/C20H28O7P2/c1-5-24-28(22,25-6-2)20(29(23,26-7-3)27-8-4)15-16-13-14-19(21)18-12-10-9-11-17(16)18/h9-15,21H,5-8H2,1-4H3. The number of benzene rings is 2. The summed E-state index contributed by atoms with van der Waals surface area (Å²) in [5, 5.41) is 11.3. The van der Waals surface area contributed by atoms with Crippen LogP contribution in [0, 0.1) is 0 Å². The summed E-state index contributed by atoms with van der Waals surface area (Å²) in [6.45, 7) is 7.03. The minimum absolute atomic E-state index is 0.0865. The van der Waals surface area contributed by atoms with Crippen LogP contribution >= 0.6 is 15.2 Å². The Hall–Kier alpha value is -1.46. The quantitative estimate of drug-likeness (QED) is 0.404. The number of hydrogen-bond acceptors (Lipinski definition) is 7. The topological polar surface area (TPSA) is 91.3 Å². The van der Waals surface area contributed by atoms with E-state index in [0.717, 1.165) is 0 Å². The summed E-state index contributed by atoms with van der Waals surface area (Å²) < 4.78 is 49.1. The fourth-order valence-corrected chi connectivity index (χ4v) is 7.42. The van der Waals surface area contributed by atoms with E-state index in [-0.39, 0.29) is 37.2 Å². The van der Waals surface area contributed by atoms with E-state index in [1.54, 1.807) is 52.0 Å². The normalized spacial score (nSPS) is 12.3. The summed E-state index contributed by atoms with van der Waals surface area (Å²) in [7, 11) is -7.96. The van der Waals surface area contributed by atoms with Crippen LogP contribution in [0.25, 0.3) is 16.8 Å². The van der Waals surface area contributed by atoms with Gasteiger partial charge >= 0.3 is 15.2 Å². The van der Waals surface area contributed by atoms with Gasteiger partial charge in [0.05, 0.1) is 26.4 Å². The van der Waals surface area contributed by atoms with E-state index in [4.69, 9.17) is 18.1 Å². The molecule has 0 bridgehead atoms. The van der Waals surface area contributed by atoms with E-state index < -0.39 is 15.2 Å². The highest BCUT2D eigenvalue weighted by molar-refractivity contribution is 7.79. The summed E-state index contributed by atoms with van der Waals surface area (Å²) in [6.07, 6.45) is 1.47. The molecule has 0 saturated carbocycles. The van der Waals surface area contributed by atoms with Crippen molar-refractivity contribution in [3.63, 3.8) is 0 Å². The maximum atomic E-state index is 13.6. The molecular weight excluding hydrogens is 414 g/mol. The first-order valence-electron chi connectivity index (χ1n) is 9.56. The van der Waals surface area contributed by atoms with Crippen molar-refractivity contribution in [2.24, 2.45) is 0 Å². The molecule has 160 valence electrons. The summed E-state index contributed by atoms with van der Waals surface area (Å²) in [4.78, 5) is 0. The molecule has 1 N–H and O–H groups in total. The zero-order valence-corrected chi connectivity index (χ0v) is 18.9. The highest BCUT2D eigenvalue weighted by atomic mass is 31.2. The minimum Gasteiger partial charge on any atom is -0.507 e. The number of fused-ring (bicyclic) bond motifs is 1. The monoisotopic (exact) mass is 442 g/mol. The van der Waals surface area contributed by atoms with Crippen LogP contribution in [0.1, 0.15) is 33.3 Å². The maximum absolute atomic E-state index is 13.6. The van der Waals surface area contributed by atoms with Gasteiger partial charge in [-0.15, -0.1) is 0 Å². The van der Waals surface area contributed by atoms with Gasteiger partial charge in [-0.05, 0) is 50.8 Å². The SMILES string of the molecule is CCOP(=O)(OCC)C(=Cc1ccc(O)c2ccccc12)P(=O)(OCC)OCC. The van der Waals surface area contributed by atoms with Gasteiger partial charge in [-0.1, -0.05) is 30.3 Å². The average molecular weight is 442 g/mol. The average Bonchev–Trinajstić information content (AvgIpc) is 2.68. The van der Waals surface area contributed by atoms with Crippen molar-refractivity contribution in [3.05, 3.63) is 47.0 Å². The number of aromatic hydroxyl groups is 1. The van der Waals surface area contributed by atoms with Crippen molar-refractivity contribution >= 4 is 32.0 Å². The Morgan fingerprint density at radius 3 is 1.69 bits per heavy atom. The van der Waals surface area contributed by atoms with Crippen LogP contribution in [-0.2, 0) is 27.2 Å². The molecule has 0 aliphatic heterocycles. The largest absolute Gasteiger partial charge is 0.507 e. The molecular formula is C20H28O7P2. The molecule has 0 heterocycles. The molecule has 0 aliphatic rings. The smallest absolute Gasteiger partial charge is 0.369 e. The van der Waals surface area contributed by atoms with Gasteiger partial charge in [0.1, 0.15) is 5.75 Å². The van der Waals surface area contributed by atoms with Crippen molar-refractivity contribution in [2.75, 3.05) is 26.4 Å². The van der Waals surface area contributed by atoms with E-state index in [0.29, 0.717) is 16.3 Å². The van der Waals surface area contributed by atoms with E-state index >= 15 is 0 Å². The molecule has 0 aromatic heterocycles. The molecule has 0 radical (unpaired) electrons.